The van der Waals surface area contributed by atoms with E-state index in [1.165, 1.54) is 0 Å². The van der Waals surface area contributed by atoms with Crippen molar-refractivity contribution in [2.45, 2.75) is 12.4 Å². The highest BCUT2D eigenvalue weighted by atomic mass is 19.4. The van der Waals surface area contributed by atoms with Gasteiger partial charge in [-0.2, -0.15) is 31.6 Å². The zero-order chi connectivity index (χ0) is 41.3. The summed E-state index contributed by atoms with van der Waals surface area (Å²) in [6.07, 6.45) is -10.2. The summed E-state index contributed by atoms with van der Waals surface area (Å²) in [5, 5.41) is 13.9. The fraction of sp³-hybridized carbons (Fsp3) is 0.0392. The van der Waals surface area contributed by atoms with Gasteiger partial charge in [-0.05, 0) is 94.5 Å². The van der Waals surface area contributed by atoms with Crippen LogP contribution in [0.3, 0.4) is 0 Å². The average Bonchev–Trinajstić information content (AvgIpc) is 3.78. The third-order valence-electron chi connectivity index (χ3n) is 11.1. The number of nitriles is 1. The first-order valence-corrected chi connectivity index (χ1v) is 19.0. The van der Waals surface area contributed by atoms with Gasteiger partial charge in [-0.3, -0.25) is 0 Å². The molecule has 0 N–H and O–H groups in total. The summed E-state index contributed by atoms with van der Waals surface area (Å²) in [7, 11) is 0. The van der Waals surface area contributed by atoms with Gasteiger partial charge in [0, 0.05) is 27.1 Å². The predicted molar refractivity (Wildman–Crippen MR) is 226 cm³/mol. The fourth-order valence-corrected chi connectivity index (χ4v) is 8.51. The average molecular weight is 798 g/mol. The van der Waals surface area contributed by atoms with Crippen LogP contribution in [0, 0.1) is 11.3 Å². The molecule has 0 unspecified atom stereocenters. The van der Waals surface area contributed by atoms with Crippen molar-refractivity contribution >= 4 is 43.6 Å². The maximum atomic E-state index is 14.7. The van der Waals surface area contributed by atoms with Gasteiger partial charge in [-0.1, -0.05) is 109 Å². The van der Waals surface area contributed by atoms with Crippen LogP contribution < -0.4 is 0 Å². The molecular formula is C51H29F6N3. The van der Waals surface area contributed by atoms with Gasteiger partial charge >= 0.3 is 12.4 Å². The SMILES string of the molecule is N#Cc1cc(-n2c3ccccc3c3cc(-c4ccccc4)ccc32)c(-c2cc(C(F)(F)F)cc(C(F)(F)F)c2)c(-n2c3ccccc3c3cc(-c4ccccc4)ccc32)c1. The molecule has 9 heteroatoms. The zero-order valence-electron chi connectivity index (χ0n) is 31.4. The molecule has 0 aliphatic rings. The van der Waals surface area contributed by atoms with Gasteiger partial charge in [0.25, 0.3) is 0 Å². The largest absolute Gasteiger partial charge is 0.416 e. The van der Waals surface area contributed by atoms with Crippen LogP contribution >= 0.6 is 0 Å². The lowest BCUT2D eigenvalue weighted by atomic mass is 9.94. The first kappa shape index (κ1) is 36.7. The second-order valence-electron chi connectivity index (χ2n) is 14.7. The molecule has 0 radical (unpaired) electrons. The monoisotopic (exact) mass is 797 g/mol. The molecular weight excluding hydrogens is 769 g/mol. The number of para-hydroxylation sites is 2. The number of alkyl halides is 6. The molecule has 8 aromatic carbocycles. The lowest BCUT2D eigenvalue weighted by molar-refractivity contribution is -0.143. The van der Waals surface area contributed by atoms with E-state index in [1.54, 1.807) is 12.1 Å². The molecule has 0 saturated heterocycles. The standard InChI is InChI=1S/C51H29F6N3/c52-50(53,54)37-25-36(26-38(29-37)51(55,56)57)49-47(59-43-17-9-7-15-39(43)41-27-34(19-21-45(41)59)32-11-3-1-4-12-32)23-31(30-58)24-48(49)60-44-18-10-8-16-40(44)42-28-35(20-22-46(42)60)33-13-5-2-6-14-33/h1-29H. The van der Waals surface area contributed by atoms with Crippen LogP contribution in [-0.2, 0) is 12.4 Å². The number of benzene rings is 8. The Labute approximate surface area is 339 Å². The fourth-order valence-electron chi connectivity index (χ4n) is 8.51. The van der Waals surface area contributed by atoms with Crippen molar-refractivity contribution in [2.24, 2.45) is 0 Å². The van der Waals surface area contributed by atoms with Crippen molar-refractivity contribution in [3.05, 3.63) is 193 Å². The molecule has 60 heavy (non-hydrogen) atoms. The van der Waals surface area contributed by atoms with Crippen molar-refractivity contribution in [1.82, 2.24) is 9.13 Å². The first-order valence-electron chi connectivity index (χ1n) is 19.0. The first-order chi connectivity index (χ1) is 29.0. The van der Waals surface area contributed by atoms with Crippen LogP contribution in [-0.4, -0.2) is 9.13 Å². The Balaban J connectivity index is 1.37. The van der Waals surface area contributed by atoms with Crippen LogP contribution in [0.25, 0.3) is 88.4 Å². The van der Waals surface area contributed by atoms with E-state index in [4.69, 9.17) is 0 Å². The molecule has 0 atom stereocenters. The molecule has 3 nitrogen and oxygen atoms in total. The van der Waals surface area contributed by atoms with Gasteiger partial charge < -0.3 is 9.13 Å². The second-order valence-corrected chi connectivity index (χ2v) is 14.7. The maximum Gasteiger partial charge on any atom is 0.416 e. The number of rotatable bonds is 5. The molecule has 0 aliphatic carbocycles. The van der Waals surface area contributed by atoms with Gasteiger partial charge in [0.15, 0.2) is 0 Å². The quantitative estimate of drug-likeness (QED) is 0.160. The van der Waals surface area contributed by atoms with Crippen LogP contribution in [0.5, 0.6) is 0 Å². The number of aromatic nitrogens is 2. The Hall–Kier alpha value is -7.57. The molecule has 0 fully saturated rings. The van der Waals surface area contributed by atoms with E-state index in [0.29, 0.717) is 22.1 Å². The van der Waals surface area contributed by atoms with E-state index in [2.05, 4.69) is 6.07 Å². The van der Waals surface area contributed by atoms with E-state index in [-0.39, 0.29) is 34.1 Å². The second kappa shape index (κ2) is 13.8. The molecule has 0 saturated carbocycles. The summed E-state index contributed by atoms with van der Waals surface area (Å²) >= 11 is 0. The van der Waals surface area contributed by atoms with Crippen LogP contribution in [0.4, 0.5) is 26.3 Å². The van der Waals surface area contributed by atoms with Gasteiger partial charge in [-0.25, -0.2) is 0 Å². The lowest BCUT2D eigenvalue weighted by Gasteiger charge is -2.22. The van der Waals surface area contributed by atoms with E-state index in [9.17, 15) is 31.6 Å². The molecule has 290 valence electrons. The van der Waals surface area contributed by atoms with Crippen molar-refractivity contribution < 1.29 is 26.3 Å². The van der Waals surface area contributed by atoms with Gasteiger partial charge in [0.05, 0.1) is 56.2 Å². The lowest BCUT2D eigenvalue weighted by Crippen LogP contribution is -2.12. The highest BCUT2D eigenvalue weighted by Gasteiger charge is 2.38. The van der Waals surface area contributed by atoms with Crippen molar-refractivity contribution in [3.63, 3.8) is 0 Å². The predicted octanol–water partition coefficient (Wildman–Crippen LogP) is 14.8. The van der Waals surface area contributed by atoms with Gasteiger partial charge in [-0.15, -0.1) is 0 Å². The highest BCUT2D eigenvalue weighted by molar-refractivity contribution is 6.13. The van der Waals surface area contributed by atoms with Gasteiger partial charge in [0.2, 0.25) is 0 Å². The van der Waals surface area contributed by atoms with E-state index >= 15 is 0 Å². The van der Waals surface area contributed by atoms with E-state index in [0.717, 1.165) is 55.9 Å². The number of hydrogen-bond acceptors (Lipinski definition) is 1. The summed E-state index contributed by atoms with van der Waals surface area (Å²) < 4.78 is 91.8. The Morgan fingerprint density at radius 2 is 0.767 bits per heavy atom. The minimum absolute atomic E-state index is 0.0789. The van der Waals surface area contributed by atoms with Crippen molar-refractivity contribution in [2.75, 3.05) is 0 Å². The highest BCUT2D eigenvalue weighted by Crippen LogP contribution is 2.46. The summed E-state index contributed by atoms with van der Waals surface area (Å²) in [6.45, 7) is 0. The van der Waals surface area contributed by atoms with Gasteiger partial charge in [0.1, 0.15) is 0 Å². The summed E-state index contributed by atoms with van der Waals surface area (Å²) in [5.41, 5.74) is 3.89. The third kappa shape index (κ3) is 6.07. The summed E-state index contributed by atoms with van der Waals surface area (Å²) in [6, 6.07) is 53.3. The Morgan fingerprint density at radius 3 is 1.18 bits per heavy atom. The molecule has 2 heterocycles. The molecule has 10 rings (SSSR count). The number of nitrogens with zero attached hydrogens (tertiary/aromatic N) is 3. The van der Waals surface area contributed by atoms with Crippen LogP contribution in [0.2, 0.25) is 0 Å². The zero-order valence-corrected chi connectivity index (χ0v) is 31.4. The Bertz CT molecular complexity index is 3140. The molecule has 0 aliphatic heterocycles. The number of halogens is 6. The van der Waals surface area contributed by atoms with Crippen LogP contribution in [0.1, 0.15) is 16.7 Å². The third-order valence-corrected chi connectivity index (χ3v) is 11.1. The minimum atomic E-state index is -5.11. The topological polar surface area (TPSA) is 33.6 Å². The molecule has 10 aromatic rings. The Kier molecular flexibility index (Phi) is 8.44. The molecule has 0 amide bonds. The maximum absolute atomic E-state index is 14.7. The van der Waals surface area contributed by atoms with Crippen LogP contribution in [0.15, 0.2) is 176 Å². The van der Waals surface area contributed by atoms with Crippen molar-refractivity contribution in [3.8, 4) is 50.8 Å². The molecule has 0 spiro atoms. The number of fused-ring (bicyclic) bond motifs is 6. The number of hydrogen-bond donors (Lipinski definition) is 0. The normalized spacial score (nSPS) is 12.2. The Morgan fingerprint density at radius 1 is 0.367 bits per heavy atom. The smallest absolute Gasteiger partial charge is 0.308 e. The minimum Gasteiger partial charge on any atom is -0.308 e. The summed E-state index contributed by atoms with van der Waals surface area (Å²) in [4.78, 5) is 0. The summed E-state index contributed by atoms with van der Waals surface area (Å²) in [5.74, 6) is 0. The van der Waals surface area contributed by atoms with E-state index in [1.807, 2.05) is 155 Å². The van der Waals surface area contributed by atoms with E-state index < -0.39 is 23.5 Å². The molecule has 0 bridgehead atoms. The molecule has 2 aromatic heterocycles. The van der Waals surface area contributed by atoms with Crippen molar-refractivity contribution in [1.29, 1.82) is 5.26 Å².